The third-order valence-corrected chi connectivity index (χ3v) is 1.17. The number of hydrogen-bond acceptors (Lipinski definition) is 0. The standard InChI is InChI=1S/2C5H5.BrH.Zr.H/c2*1-2-4-5-3-1;;;/h2*1-3H,4H2;1H;;/q2*-1;;+2;-1. The second-order valence-corrected chi connectivity index (χ2v) is 2.01. The molecular formula is C10H12BrZr-. The van der Waals surface area contributed by atoms with E-state index in [1.165, 1.54) is 0 Å². The van der Waals surface area contributed by atoms with E-state index in [2.05, 4.69) is 24.3 Å². The van der Waals surface area contributed by atoms with Crippen molar-refractivity contribution < 1.29 is 27.6 Å². The van der Waals surface area contributed by atoms with Gasteiger partial charge in [-0.1, -0.05) is 0 Å². The molecule has 0 saturated carbocycles. The van der Waals surface area contributed by atoms with E-state index in [0.717, 1.165) is 12.8 Å². The Bertz CT molecular complexity index is 153. The van der Waals surface area contributed by atoms with Gasteiger partial charge in [0.15, 0.2) is 0 Å². The van der Waals surface area contributed by atoms with Gasteiger partial charge in [0.1, 0.15) is 0 Å². The first-order chi connectivity index (χ1) is 5.00. The van der Waals surface area contributed by atoms with Crippen LogP contribution in [0.1, 0.15) is 14.3 Å². The third kappa shape index (κ3) is 8.42. The van der Waals surface area contributed by atoms with Crippen LogP contribution in [-0.2, 0) is 26.2 Å². The second-order valence-electron chi connectivity index (χ2n) is 2.01. The van der Waals surface area contributed by atoms with Gasteiger partial charge in [-0.05, 0) is 0 Å². The Labute approximate surface area is 106 Å². The van der Waals surface area contributed by atoms with Crippen LogP contribution in [-0.4, -0.2) is 0 Å². The summed E-state index contributed by atoms with van der Waals surface area (Å²) in [5, 5.41) is 0. The van der Waals surface area contributed by atoms with Crippen molar-refractivity contribution in [3.63, 3.8) is 0 Å². The fourth-order valence-corrected chi connectivity index (χ4v) is 0.680. The summed E-state index contributed by atoms with van der Waals surface area (Å²) in [5.41, 5.74) is 0. The summed E-state index contributed by atoms with van der Waals surface area (Å²) in [7, 11) is 0. The summed E-state index contributed by atoms with van der Waals surface area (Å²) in [5.74, 6) is 0. The maximum absolute atomic E-state index is 2.99. The Morgan fingerprint density at radius 3 is 1.42 bits per heavy atom. The van der Waals surface area contributed by atoms with Gasteiger partial charge < -0.3 is 1.43 Å². The monoisotopic (exact) mass is 301 g/mol. The predicted octanol–water partition coefficient (Wildman–Crippen LogP) is 3.30. The molecule has 2 rings (SSSR count). The van der Waals surface area contributed by atoms with E-state index in [9.17, 15) is 0 Å². The van der Waals surface area contributed by atoms with Gasteiger partial charge in [-0.15, -0.1) is 29.8 Å². The summed E-state index contributed by atoms with van der Waals surface area (Å²) in [6, 6.07) is 0. The predicted molar refractivity (Wildman–Crippen MR) is 54.6 cm³/mol. The Kier molecular flexibility index (Phi) is 14.0. The van der Waals surface area contributed by atoms with Crippen LogP contribution in [0.25, 0.3) is 0 Å². The number of allylic oxidation sites excluding steroid dienone is 8. The minimum absolute atomic E-state index is 0. The minimum atomic E-state index is 0. The average molecular weight is 303 g/mol. The fourth-order valence-electron chi connectivity index (χ4n) is 0.680. The molecule has 0 aromatic carbocycles. The maximum atomic E-state index is 2.99. The molecule has 2 aliphatic rings. The Balaban J connectivity index is -0.000000125. The molecule has 0 amide bonds. The van der Waals surface area contributed by atoms with Crippen LogP contribution in [0.4, 0.5) is 0 Å². The molecule has 0 heterocycles. The SMILES string of the molecule is Br.[C-]1=CC=CC1.[C-]1=CC=CC1.[H-].[Zr+2]. The zero-order valence-corrected chi connectivity index (χ0v) is 11.0. The summed E-state index contributed by atoms with van der Waals surface area (Å²) >= 11 is 0. The van der Waals surface area contributed by atoms with Crippen LogP contribution in [0.2, 0.25) is 0 Å². The average Bonchev–Trinajstić information content (AvgIpc) is 2.67. The van der Waals surface area contributed by atoms with Crippen molar-refractivity contribution in [3.8, 4) is 0 Å². The van der Waals surface area contributed by atoms with Gasteiger partial charge in [-0.2, -0.15) is 12.2 Å². The summed E-state index contributed by atoms with van der Waals surface area (Å²) < 4.78 is 0. The Hall–Kier alpha value is 0.323. The first kappa shape index (κ1) is 14.8. The van der Waals surface area contributed by atoms with E-state index in [1.54, 1.807) is 0 Å². The van der Waals surface area contributed by atoms with E-state index in [1.807, 2.05) is 24.3 Å². The molecule has 0 spiro atoms. The number of halogens is 1. The first-order valence-electron chi connectivity index (χ1n) is 3.43. The van der Waals surface area contributed by atoms with Crippen molar-refractivity contribution in [2.45, 2.75) is 12.8 Å². The normalized spacial score (nSPS) is 14.7. The van der Waals surface area contributed by atoms with Crippen LogP contribution < -0.4 is 0 Å². The summed E-state index contributed by atoms with van der Waals surface area (Å²) in [4.78, 5) is 0. The maximum Gasteiger partial charge on any atom is 2.00 e. The Morgan fingerprint density at radius 2 is 1.33 bits per heavy atom. The largest absolute Gasteiger partial charge is 2.00 e. The Morgan fingerprint density at radius 1 is 0.917 bits per heavy atom. The topological polar surface area (TPSA) is 0 Å². The molecule has 0 radical (unpaired) electrons. The van der Waals surface area contributed by atoms with Crippen LogP contribution in [0.3, 0.4) is 0 Å². The zero-order chi connectivity index (χ0) is 7.07. The smallest absolute Gasteiger partial charge is 1.00 e. The molecule has 0 aromatic heterocycles. The van der Waals surface area contributed by atoms with Gasteiger partial charge in [0.2, 0.25) is 0 Å². The van der Waals surface area contributed by atoms with Gasteiger partial charge in [0.25, 0.3) is 0 Å². The van der Waals surface area contributed by atoms with Gasteiger partial charge in [0.05, 0.1) is 0 Å². The van der Waals surface area contributed by atoms with E-state index < -0.39 is 0 Å². The zero-order valence-electron chi connectivity index (χ0n) is 7.79. The molecule has 0 saturated heterocycles. The second kappa shape index (κ2) is 11.3. The molecule has 0 unspecified atom stereocenters. The van der Waals surface area contributed by atoms with Crippen molar-refractivity contribution in [1.29, 1.82) is 0 Å². The molecule has 0 fully saturated rings. The summed E-state index contributed by atoms with van der Waals surface area (Å²) in [6.07, 6.45) is 20.0. The molecular weight excluding hydrogens is 291 g/mol. The van der Waals surface area contributed by atoms with Gasteiger partial charge in [0, 0.05) is 0 Å². The fraction of sp³-hybridized carbons (Fsp3) is 0.200. The van der Waals surface area contributed by atoms with Crippen molar-refractivity contribution in [2.75, 3.05) is 0 Å². The molecule has 64 valence electrons. The van der Waals surface area contributed by atoms with Crippen LogP contribution in [0.5, 0.6) is 0 Å². The molecule has 0 atom stereocenters. The van der Waals surface area contributed by atoms with E-state index in [-0.39, 0.29) is 44.6 Å². The van der Waals surface area contributed by atoms with Crippen LogP contribution in [0.15, 0.2) is 36.5 Å². The van der Waals surface area contributed by atoms with E-state index >= 15 is 0 Å². The molecule has 0 N–H and O–H groups in total. The minimum Gasteiger partial charge on any atom is -1.00 e. The van der Waals surface area contributed by atoms with Crippen LogP contribution in [0, 0.1) is 12.2 Å². The number of hydrogen-bond donors (Lipinski definition) is 0. The molecule has 0 bridgehead atoms. The van der Waals surface area contributed by atoms with Crippen LogP contribution >= 0.6 is 17.0 Å². The van der Waals surface area contributed by atoms with Crippen molar-refractivity contribution in [1.82, 2.24) is 0 Å². The summed E-state index contributed by atoms with van der Waals surface area (Å²) in [6.45, 7) is 0. The van der Waals surface area contributed by atoms with Gasteiger partial charge in [-0.3, -0.25) is 12.2 Å². The van der Waals surface area contributed by atoms with Crippen molar-refractivity contribution in [3.05, 3.63) is 48.6 Å². The van der Waals surface area contributed by atoms with Crippen molar-refractivity contribution >= 4 is 17.0 Å². The quantitative estimate of drug-likeness (QED) is 0.602. The number of rotatable bonds is 0. The van der Waals surface area contributed by atoms with E-state index in [4.69, 9.17) is 0 Å². The molecule has 0 aromatic rings. The molecule has 0 aliphatic heterocycles. The van der Waals surface area contributed by atoms with Gasteiger partial charge >= 0.3 is 26.2 Å². The molecule has 2 heteroatoms. The molecule has 0 nitrogen and oxygen atoms in total. The van der Waals surface area contributed by atoms with Crippen molar-refractivity contribution in [2.24, 2.45) is 0 Å². The first-order valence-corrected chi connectivity index (χ1v) is 3.43. The third-order valence-electron chi connectivity index (χ3n) is 1.17. The van der Waals surface area contributed by atoms with Gasteiger partial charge in [-0.25, -0.2) is 24.3 Å². The molecule has 12 heavy (non-hydrogen) atoms. The van der Waals surface area contributed by atoms with E-state index in [0.29, 0.717) is 0 Å². The molecule has 2 aliphatic carbocycles.